The number of phenolic OH excluding ortho intramolecular Hbond substituents is 1. The minimum atomic E-state index is -0.399. The molecule has 136 valence electrons. The van der Waals surface area contributed by atoms with Crippen LogP contribution in [-0.4, -0.2) is 28.4 Å². The second kappa shape index (κ2) is 8.05. The van der Waals surface area contributed by atoms with Crippen LogP contribution in [0.2, 0.25) is 0 Å². The van der Waals surface area contributed by atoms with Gasteiger partial charge in [0.15, 0.2) is 0 Å². The minimum absolute atomic E-state index is 0.183. The third-order valence-electron chi connectivity index (χ3n) is 4.04. The summed E-state index contributed by atoms with van der Waals surface area (Å²) < 4.78 is 6.04. The summed E-state index contributed by atoms with van der Waals surface area (Å²) in [5, 5.41) is 16.8. The highest BCUT2D eigenvalue weighted by molar-refractivity contribution is 9.11. The number of rotatable bonds is 5. The predicted molar refractivity (Wildman–Crippen MR) is 106 cm³/mol. The number of aromatic hydroxyl groups is 1. The number of allylic oxidation sites excluding steroid dienone is 1. The van der Waals surface area contributed by atoms with Crippen LogP contribution >= 0.6 is 27.3 Å². The molecule has 5 nitrogen and oxygen atoms in total. The maximum Gasteiger partial charge on any atom is 0.332 e. The number of hydrazone groups is 1. The van der Waals surface area contributed by atoms with E-state index < -0.39 is 5.97 Å². The smallest absolute Gasteiger partial charge is 0.332 e. The summed E-state index contributed by atoms with van der Waals surface area (Å²) in [6.45, 7) is 3.91. The number of para-hydroxylation sites is 1. The van der Waals surface area contributed by atoms with Crippen molar-refractivity contribution in [2.45, 2.75) is 26.3 Å². The van der Waals surface area contributed by atoms with Crippen molar-refractivity contribution in [1.82, 2.24) is 5.01 Å². The van der Waals surface area contributed by atoms with Gasteiger partial charge in [-0.15, -0.1) is 11.3 Å². The van der Waals surface area contributed by atoms with Crippen molar-refractivity contribution in [2.24, 2.45) is 5.10 Å². The second-order valence-corrected chi connectivity index (χ2v) is 8.27. The molecule has 3 rings (SSSR count). The number of ether oxygens (including phenoxy) is 1. The number of halogens is 1. The van der Waals surface area contributed by atoms with Gasteiger partial charge in [-0.2, -0.15) is 5.10 Å². The van der Waals surface area contributed by atoms with Gasteiger partial charge in [-0.25, -0.2) is 4.79 Å². The number of carbonyl (C=O) groups excluding carboxylic acids is 1. The van der Waals surface area contributed by atoms with Crippen LogP contribution in [0.5, 0.6) is 5.75 Å². The largest absolute Gasteiger partial charge is 0.508 e. The van der Waals surface area contributed by atoms with Crippen molar-refractivity contribution in [3.05, 3.63) is 62.4 Å². The standard InChI is InChI=1S/C19H19BrN2O3S/c1-3-25-19(24)10-12(2)22-15(13-6-4-5-7-16(13)23)11-14(21-22)17-8-9-18(20)26-17/h4-10,15,23H,3,11H2,1-2H3/b12-10+. The summed E-state index contributed by atoms with van der Waals surface area (Å²) in [6, 6.07) is 11.0. The van der Waals surface area contributed by atoms with Crippen molar-refractivity contribution in [1.29, 1.82) is 0 Å². The number of carbonyl (C=O) groups is 1. The average molecular weight is 435 g/mol. The van der Waals surface area contributed by atoms with Crippen molar-refractivity contribution in [3.63, 3.8) is 0 Å². The van der Waals surface area contributed by atoms with Crippen LogP contribution in [0.15, 0.2) is 57.1 Å². The van der Waals surface area contributed by atoms with Crippen LogP contribution in [0, 0.1) is 0 Å². The summed E-state index contributed by atoms with van der Waals surface area (Å²) in [4.78, 5) is 12.9. The molecule has 26 heavy (non-hydrogen) atoms. The molecular formula is C19H19BrN2O3S. The Morgan fingerprint density at radius 2 is 2.19 bits per heavy atom. The topological polar surface area (TPSA) is 62.1 Å². The Morgan fingerprint density at radius 1 is 1.42 bits per heavy atom. The Kier molecular flexibility index (Phi) is 5.78. The van der Waals surface area contributed by atoms with Gasteiger partial charge < -0.3 is 9.84 Å². The molecule has 1 aliphatic rings. The number of phenols is 1. The van der Waals surface area contributed by atoms with Gasteiger partial charge in [-0.3, -0.25) is 5.01 Å². The summed E-state index contributed by atoms with van der Waals surface area (Å²) in [6.07, 6.45) is 2.08. The van der Waals surface area contributed by atoms with E-state index in [9.17, 15) is 9.90 Å². The molecule has 1 aromatic heterocycles. The molecule has 2 aromatic rings. The summed E-state index contributed by atoms with van der Waals surface area (Å²) >= 11 is 5.09. The molecule has 0 spiro atoms. The highest BCUT2D eigenvalue weighted by Crippen LogP contribution is 2.40. The van der Waals surface area contributed by atoms with E-state index in [2.05, 4.69) is 15.9 Å². The predicted octanol–water partition coefficient (Wildman–Crippen LogP) is 4.83. The fourth-order valence-corrected chi connectivity index (χ4v) is 4.27. The van der Waals surface area contributed by atoms with Crippen LogP contribution in [0.3, 0.4) is 0 Å². The molecule has 0 radical (unpaired) electrons. The van der Waals surface area contributed by atoms with E-state index in [-0.39, 0.29) is 11.8 Å². The maximum atomic E-state index is 11.8. The highest BCUT2D eigenvalue weighted by Gasteiger charge is 2.32. The number of nitrogens with zero attached hydrogens (tertiary/aromatic N) is 2. The van der Waals surface area contributed by atoms with Crippen molar-refractivity contribution >= 4 is 38.9 Å². The van der Waals surface area contributed by atoms with E-state index in [1.807, 2.05) is 31.2 Å². The number of hydrogen-bond acceptors (Lipinski definition) is 6. The molecule has 0 fully saturated rings. The Balaban J connectivity index is 1.98. The lowest BCUT2D eigenvalue weighted by Gasteiger charge is -2.24. The Hall–Kier alpha value is -2.12. The summed E-state index contributed by atoms with van der Waals surface area (Å²) in [5.74, 6) is -0.182. The van der Waals surface area contributed by atoms with Gasteiger partial charge in [0, 0.05) is 23.8 Å². The van der Waals surface area contributed by atoms with Gasteiger partial charge >= 0.3 is 5.97 Å². The van der Waals surface area contributed by atoms with E-state index in [0.717, 1.165) is 19.9 Å². The summed E-state index contributed by atoms with van der Waals surface area (Å²) in [7, 11) is 0. The Labute approximate surface area is 164 Å². The average Bonchev–Trinajstić information content (AvgIpc) is 3.22. The molecule has 1 N–H and O–H groups in total. The van der Waals surface area contributed by atoms with Crippen molar-refractivity contribution < 1.29 is 14.6 Å². The molecule has 1 aliphatic heterocycles. The lowest BCUT2D eigenvalue weighted by Crippen LogP contribution is -2.19. The molecule has 1 atom stereocenters. The number of esters is 1. The Bertz CT molecular complexity index is 875. The van der Waals surface area contributed by atoms with Crippen molar-refractivity contribution in [2.75, 3.05) is 6.61 Å². The van der Waals surface area contributed by atoms with Gasteiger partial charge in [-0.1, -0.05) is 18.2 Å². The highest BCUT2D eigenvalue weighted by atomic mass is 79.9. The van der Waals surface area contributed by atoms with Crippen LogP contribution in [-0.2, 0) is 9.53 Å². The third kappa shape index (κ3) is 3.99. The van der Waals surface area contributed by atoms with E-state index in [4.69, 9.17) is 9.84 Å². The molecule has 1 aromatic carbocycles. The molecule has 0 bridgehead atoms. The van der Waals surface area contributed by atoms with Crippen LogP contribution in [0.1, 0.15) is 36.8 Å². The first kappa shape index (κ1) is 18.7. The lowest BCUT2D eigenvalue weighted by atomic mass is 10.00. The van der Waals surface area contributed by atoms with Gasteiger partial charge in [0.2, 0.25) is 0 Å². The fourth-order valence-electron chi connectivity index (χ4n) is 2.89. The molecule has 7 heteroatoms. The van der Waals surface area contributed by atoms with E-state index >= 15 is 0 Å². The van der Waals surface area contributed by atoms with E-state index in [1.54, 1.807) is 35.4 Å². The number of thiophene rings is 1. The third-order valence-corrected chi connectivity index (χ3v) is 5.71. The first-order valence-electron chi connectivity index (χ1n) is 8.25. The fraction of sp³-hybridized carbons (Fsp3) is 0.263. The molecule has 0 saturated heterocycles. The van der Waals surface area contributed by atoms with Crippen LogP contribution < -0.4 is 0 Å². The maximum absolute atomic E-state index is 11.8. The quantitative estimate of drug-likeness (QED) is 0.540. The first-order chi connectivity index (χ1) is 12.5. The minimum Gasteiger partial charge on any atom is -0.508 e. The zero-order valence-electron chi connectivity index (χ0n) is 14.5. The molecule has 0 amide bonds. The normalized spacial score (nSPS) is 17.3. The molecule has 2 heterocycles. The van der Waals surface area contributed by atoms with Gasteiger partial charge in [-0.05, 0) is 48.0 Å². The van der Waals surface area contributed by atoms with E-state index in [0.29, 0.717) is 18.7 Å². The number of benzene rings is 1. The zero-order chi connectivity index (χ0) is 18.7. The number of hydrogen-bond donors (Lipinski definition) is 1. The monoisotopic (exact) mass is 434 g/mol. The molecule has 0 aliphatic carbocycles. The second-order valence-electron chi connectivity index (χ2n) is 5.81. The van der Waals surface area contributed by atoms with Crippen LogP contribution in [0.25, 0.3) is 0 Å². The molecular weight excluding hydrogens is 416 g/mol. The zero-order valence-corrected chi connectivity index (χ0v) is 16.9. The molecule has 0 saturated carbocycles. The van der Waals surface area contributed by atoms with E-state index in [1.165, 1.54) is 6.08 Å². The van der Waals surface area contributed by atoms with Gasteiger partial charge in [0.25, 0.3) is 0 Å². The van der Waals surface area contributed by atoms with Gasteiger partial charge in [0.05, 0.1) is 27.0 Å². The SMILES string of the molecule is CCOC(=O)/C=C(\C)N1N=C(c2ccc(Br)s2)CC1c1ccccc1O. The summed E-state index contributed by atoms with van der Waals surface area (Å²) in [5.41, 5.74) is 2.37. The Morgan fingerprint density at radius 3 is 2.85 bits per heavy atom. The van der Waals surface area contributed by atoms with Crippen molar-refractivity contribution in [3.8, 4) is 5.75 Å². The van der Waals surface area contributed by atoms with Crippen LogP contribution in [0.4, 0.5) is 0 Å². The first-order valence-corrected chi connectivity index (χ1v) is 9.86. The molecule has 1 unspecified atom stereocenters. The lowest BCUT2D eigenvalue weighted by molar-refractivity contribution is -0.137. The van der Waals surface area contributed by atoms with Gasteiger partial charge in [0.1, 0.15) is 5.75 Å².